The zero-order valence-electron chi connectivity index (χ0n) is 11.9. The lowest BCUT2D eigenvalue weighted by molar-refractivity contribution is -0.133. The third kappa shape index (κ3) is 1.80. The first-order valence-electron chi connectivity index (χ1n) is 7.80. The molecule has 0 bridgehead atoms. The fourth-order valence-corrected chi connectivity index (χ4v) is 4.06. The second-order valence-corrected chi connectivity index (χ2v) is 6.85. The Morgan fingerprint density at radius 1 is 1.10 bits per heavy atom. The Morgan fingerprint density at radius 3 is 2.55 bits per heavy atom. The van der Waals surface area contributed by atoms with Crippen molar-refractivity contribution in [2.75, 3.05) is 26.2 Å². The van der Waals surface area contributed by atoms with Gasteiger partial charge in [0.05, 0.1) is 5.41 Å². The molecule has 3 heteroatoms. The molecule has 0 radical (unpaired) electrons. The van der Waals surface area contributed by atoms with Crippen molar-refractivity contribution in [3.05, 3.63) is 35.9 Å². The maximum atomic E-state index is 13.0. The van der Waals surface area contributed by atoms with Crippen LogP contribution in [0.25, 0.3) is 0 Å². The molecule has 3 fully saturated rings. The number of carbonyl (C=O) groups is 1. The molecule has 20 heavy (non-hydrogen) atoms. The maximum absolute atomic E-state index is 13.0. The van der Waals surface area contributed by atoms with Crippen LogP contribution in [0, 0.1) is 5.41 Å². The van der Waals surface area contributed by atoms with Crippen LogP contribution in [0.4, 0.5) is 0 Å². The van der Waals surface area contributed by atoms with Gasteiger partial charge in [-0.15, -0.1) is 0 Å². The van der Waals surface area contributed by atoms with Crippen LogP contribution in [0.5, 0.6) is 0 Å². The van der Waals surface area contributed by atoms with Gasteiger partial charge < -0.3 is 10.2 Å². The zero-order valence-corrected chi connectivity index (χ0v) is 11.9. The Labute approximate surface area is 120 Å². The highest BCUT2D eigenvalue weighted by molar-refractivity contribution is 5.91. The Kier molecular flexibility index (Phi) is 2.68. The van der Waals surface area contributed by atoms with Crippen molar-refractivity contribution >= 4 is 5.91 Å². The molecule has 1 aromatic carbocycles. The minimum Gasteiger partial charge on any atom is -0.341 e. The fourth-order valence-electron chi connectivity index (χ4n) is 4.06. The third-order valence-electron chi connectivity index (χ3n) is 5.54. The Balaban J connectivity index is 1.54. The second kappa shape index (κ2) is 4.32. The molecule has 106 valence electrons. The van der Waals surface area contributed by atoms with Gasteiger partial charge in [0, 0.05) is 25.0 Å². The number of amides is 1. The number of benzene rings is 1. The van der Waals surface area contributed by atoms with Gasteiger partial charge in [-0.1, -0.05) is 30.3 Å². The van der Waals surface area contributed by atoms with E-state index in [9.17, 15) is 4.79 Å². The molecule has 1 amide bonds. The Hall–Kier alpha value is -1.35. The minimum absolute atomic E-state index is 0.182. The largest absolute Gasteiger partial charge is 0.341 e. The lowest BCUT2D eigenvalue weighted by Gasteiger charge is -2.26. The summed E-state index contributed by atoms with van der Waals surface area (Å²) in [5.74, 6) is 0.382. The molecule has 0 aromatic heterocycles. The van der Waals surface area contributed by atoms with Gasteiger partial charge in [0.25, 0.3) is 0 Å². The van der Waals surface area contributed by atoms with Crippen LogP contribution >= 0.6 is 0 Å². The highest BCUT2D eigenvalue weighted by Crippen LogP contribution is 2.51. The molecule has 1 spiro atoms. The summed E-state index contributed by atoms with van der Waals surface area (Å²) >= 11 is 0. The van der Waals surface area contributed by atoms with E-state index in [1.165, 1.54) is 18.4 Å². The number of nitrogens with one attached hydrogen (secondary N) is 1. The molecular weight excluding hydrogens is 248 g/mol. The van der Waals surface area contributed by atoms with E-state index in [-0.39, 0.29) is 5.41 Å². The van der Waals surface area contributed by atoms with E-state index in [1.807, 2.05) is 6.07 Å². The molecule has 3 nitrogen and oxygen atoms in total. The summed E-state index contributed by atoms with van der Waals surface area (Å²) in [5, 5.41) is 3.46. The van der Waals surface area contributed by atoms with Crippen LogP contribution < -0.4 is 5.32 Å². The number of hydrogen-bond donors (Lipinski definition) is 1. The van der Waals surface area contributed by atoms with Crippen molar-refractivity contribution in [1.82, 2.24) is 10.2 Å². The number of nitrogens with zero attached hydrogens (tertiary/aromatic N) is 1. The molecule has 4 rings (SSSR count). The first-order valence-corrected chi connectivity index (χ1v) is 7.80. The molecule has 2 aliphatic heterocycles. The molecule has 1 aromatic rings. The summed E-state index contributed by atoms with van der Waals surface area (Å²) in [5.41, 5.74) is 1.41. The van der Waals surface area contributed by atoms with Crippen molar-refractivity contribution in [3.63, 3.8) is 0 Å². The van der Waals surface area contributed by atoms with E-state index in [0.717, 1.165) is 39.0 Å². The molecule has 1 N–H and O–H groups in total. The highest BCUT2D eigenvalue weighted by atomic mass is 16.2. The van der Waals surface area contributed by atoms with Crippen molar-refractivity contribution in [2.45, 2.75) is 31.1 Å². The van der Waals surface area contributed by atoms with E-state index in [2.05, 4.69) is 34.5 Å². The van der Waals surface area contributed by atoms with Crippen molar-refractivity contribution < 1.29 is 4.79 Å². The van der Waals surface area contributed by atoms with Gasteiger partial charge in [0.1, 0.15) is 0 Å². The van der Waals surface area contributed by atoms with Crippen molar-refractivity contribution in [1.29, 1.82) is 0 Å². The number of hydrogen-bond acceptors (Lipinski definition) is 2. The quantitative estimate of drug-likeness (QED) is 0.890. The van der Waals surface area contributed by atoms with Gasteiger partial charge in [-0.3, -0.25) is 4.79 Å². The van der Waals surface area contributed by atoms with Gasteiger partial charge in [0.2, 0.25) is 5.91 Å². The predicted molar refractivity (Wildman–Crippen MR) is 78.5 cm³/mol. The molecule has 1 atom stereocenters. The lowest BCUT2D eigenvalue weighted by atomic mass is 9.86. The van der Waals surface area contributed by atoms with Crippen LogP contribution in [-0.2, 0) is 10.2 Å². The summed E-state index contributed by atoms with van der Waals surface area (Å²) in [7, 11) is 0. The molecule has 1 aliphatic carbocycles. The van der Waals surface area contributed by atoms with Crippen LogP contribution in [0.3, 0.4) is 0 Å². The standard InChI is InChI=1S/C17H22N2O/c20-15(17(6-7-17)14-4-2-1-3-5-14)19-11-9-16(13-19)8-10-18-12-16/h1-5,18H,6-13H2/t16-/m0/s1. The Morgan fingerprint density at radius 2 is 1.90 bits per heavy atom. The van der Waals surface area contributed by atoms with E-state index in [4.69, 9.17) is 0 Å². The summed E-state index contributed by atoms with van der Waals surface area (Å²) in [4.78, 5) is 15.1. The fraction of sp³-hybridized carbons (Fsp3) is 0.588. The smallest absolute Gasteiger partial charge is 0.233 e. The average Bonchev–Trinajstić information content (AvgIpc) is 3.01. The van der Waals surface area contributed by atoms with Crippen LogP contribution in [0.15, 0.2) is 30.3 Å². The molecule has 2 heterocycles. The summed E-state index contributed by atoms with van der Waals surface area (Å²) in [6.07, 6.45) is 4.46. The first kappa shape index (κ1) is 12.4. The van der Waals surface area contributed by atoms with Gasteiger partial charge >= 0.3 is 0 Å². The minimum atomic E-state index is -0.182. The molecule has 1 saturated carbocycles. The normalized spacial score (nSPS) is 30.9. The average molecular weight is 270 g/mol. The van der Waals surface area contributed by atoms with Gasteiger partial charge in [-0.2, -0.15) is 0 Å². The topological polar surface area (TPSA) is 32.3 Å². The number of rotatable bonds is 2. The van der Waals surface area contributed by atoms with Crippen molar-refractivity contribution in [2.24, 2.45) is 5.41 Å². The molecule has 3 aliphatic rings. The monoisotopic (exact) mass is 270 g/mol. The number of carbonyl (C=O) groups excluding carboxylic acids is 1. The first-order chi connectivity index (χ1) is 9.74. The van der Waals surface area contributed by atoms with Crippen LogP contribution in [0.2, 0.25) is 0 Å². The highest BCUT2D eigenvalue weighted by Gasteiger charge is 2.55. The lowest BCUT2D eigenvalue weighted by Crippen LogP contribution is -2.39. The zero-order chi connectivity index (χ0) is 13.6. The van der Waals surface area contributed by atoms with E-state index >= 15 is 0 Å². The van der Waals surface area contributed by atoms with Gasteiger partial charge in [0.15, 0.2) is 0 Å². The SMILES string of the molecule is O=C(N1CC[C@]2(CCNC2)C1)C1(c2ccccc2)CC1. The summed E-state index contributed by atoms with van der Waals surface area (Å²) in [6, 6.07) is 10.4. The maximum Gasteiger partial charge on any atom is 0.233 e. The third-order valence-corrected chi connectivity index (χ3v) is 5.54. The van der Waals surface area contributed by atoms with E-state index in [1.54, 1.807) is 0 Å². The molecule has 0 unspecified atom stereocenters. The number of likely N-dealkylation sites (tertiary alicyclic amines) is 1. The predicted octanol–water partition coefficient (Wildman–Crippen LogP) is 1.93. The summed E-state index contributed by atoms with van der Waals surface area (Å²) < 4.78 is 0. The van der Waals surface area contributed by atoms with Gasteiger partial charge in [-0.05, 0) is 37.8 Å². The van der Waals surface area contributed by atoms with Gasteiger partial charge in [-0.25, -0.2) is 0 Å². The van der Waals surface area contributed by atoms with E-state index in [0.29, 0.717) is 11.3 Å². The molecular formula is C17H22N2O. The van der Waals surface area contributed by atoms with Crippen LogP contribution in [-0.4, -0.2) is 37.0 Å². The summed E-state index contributed by atoms with van der Waals surface area (Å²) in [6.45, 7) is 4.13. The second-order valence-electron chi connectivity index (χ2n) is 6.85. The van der Waals surface area contributed by atoms with Crippen molar-refractivity contribution in [3.8, 4) is 0 Å². The van der Waals surface area contributed by atoms with Crippen LogP contribution in [0.1, 0.15) is 31.2 Å². The Bertz CT molecular complexity index is 515. The van der Waals surface area contributed by atoms with E-state index < -0.39 is 0 Å². The molecule has 2 saturated heterocycles.